The van der Waals surface area contributed by atoms with Crippen LogP contribution in [-0.2, 0) is 11.3 Å². The van der Waals surface area contributed by atoms with Crippen LogP contribution < -0.4 is 5.32 Å². The van der Waals surface area contributed by atoms with Gasteiger partial charge in [0.05, 0.1) is 19.0 Å². The normalized spacial score (nSPS) is 12.6. The number of aliphatic hydroxyl groups excluding tert-OH is 1. The summed E-state index contributed by atoms with van der Waals surface area (Å²) in [4.78, 5) is 0. The molecule has 1 aromatic rings. The Morgan fingerprint density at radius 1 is 1.69 bits per heavy atom. The second kappa shape index (κ2) is 7.62. The van der Waals surface area contributed by atoms with Crippen molar-refractivity contribution in [2.24, 2.45) is 0 Å². The molecule has 0 aromatic carbocycles. The quantitative estimate of drug-likeness (QED) is 0.764. The van der Waals surface area contributed by atoms with Crippen molar-refractivity contribution in [2.45, 2.75) is 12.7 Å². The molecule has 0 saturated heterocycles. The SMILES string of the molecule is C=C(Br)CNCC(O)COCc1ccco1. The predicted octanol–water partition coefficient (Wildman–Crippen LogP) is 1.66. The van der Waals surface area contributed by atoms with Crippen LogP contribution in [0.25, 0.3) is 0 Å². The average molecular weight is 290 g/mol. The molecule has 1 atom stereocenters. The van der Waals surface area contributed by atoms with Gasteiger partial charge in [0.25, 0.3) is 0 Å². The number of hydrogen-bond donors (Lipinski definition) is 2. The van der Waals surface area contributed by atoms with Gasteiger partial charge in [-0.15, -0.1) is 0 Å². The second-order valence-electron chi connectivity index (χ2n) is 3.40. The van der Waals surface area contributed by atoms with Crippen LogP contribution in [-0.4, -0.2) is 30.9 Å². The maximum absolute atomic E-state index is 9.53. The maximum Gasteiger partial charge on any atom is 0.129 e. The highest BCUT2D eigenvalue weighted by atomic mass is 79.9. The van der Waals surface area contributed by atoms with Gasteiger partial charge in [-0.25, -0.2) is 0 Å². The van der Waals surface area contributed by atoms with Crippen LogP contribution in [0.2, 0.25) is 0 Å². The molecule has 0 aliphatic carbocycles. The number of nitrogens with one attached hydrogen (secondary N) is 1. The van der Waals surface area contributed by atoms with Crippen LogP contribution in [0.3, 0.4) is 0 Å². The van der Waals surface area contributed by atoms with Crippen LogP contribution in [0.15, 0.2) is 33.9 Å². The largest absolute Gasteiger partial charge is 0.467 e. The van der Waals surface area contributed by atoms with Gasteiger partial charge in [-0.3, -0.25) is 0 Å². The van der Waals surface area contributed by atoms with Crippen molar-refractivity contribution in [3.8, 4) is 0 Å². The molecule has 0 saturated carbocycles. The smallest absolute Gasteiger partial charge is 0.129 e. The Hall–Kier alpha value is -0.620. The third-order valence-electron chi connectivity index (χ3n) is 1.83. The van der Waals surface area contributed by atoms with Gasteiger partial charge in [-0.05, 0) is 12.1 Å². The van der Waals surface area contributed by atoms with E-state index in [2.05, 4.69) is 27.8 Å². The molecule has 1 unspecified atom stereocenters. The summed E-state index contributed by atoms with van der Waals surface area (Å²) in [5.41, 5.74) is 0. The molecule has 0 spiro atoms. The van der Waals surface area contributed by atoms with Gasteiger partial charge < -0.3 is 19.6 Å². The van der Waals surface area contributed by atoms with Gasteiger partial charge in [-0.1, -0.05) is 22.5 Å². The van der Waals surface area contributed by atoms with E-state index in [0.717, 1.165) is 10.2 Å². The Bertz CT molecular complexity index is 300. The first-order valence-corrected chi connectivity index (χ1v) is 5.80. The van der Waals surface area contributed by atoms with Crippen LogP contribution >= 0.6 is 15.9 Å². The number of aliphatic hydroxyl groups is 1. The summed E-state index contributed by atoms with van der Waals surface area (Å²) >= 11 is 3.22. The Balaban J connectivity index is 2.02. The lowest BCUT2D eigenvalue weighted by molar-refractivity contribution is 0.0231. The van der Waals surface area contributed by atoms with Gasteiger partial charge >= 0.3 is 0 Å². The minimum absolute atomic E-state index is 0.280. The Kier molecular flexibility index (Phi) is 6.40. The van der Waals surface area contributed by atoms with Gasteiger partial charge in [-0.2, -0.15) is 0 Å². The molecular formula is C11H16BrNO3. The Morgan fingerprint density at radius 3 is 3.12 bits per heavy atom. The second-order valence-corrected chi connectivity index (χ2v) is 4.52. The fourth-order valence-corrected chi connectivity index (χ4v) is 1.32. The fourth-order valence-electron chi connectivity index (χ4n) is 1.12. The summed E-state index contributed by atoms with van der Waals surface area (Å²) in [5, 5.41) is 12.6. The molecule has 1 heterocycles. The summed E-state index contributed by atoms with van der Waals surface area (Å²) in [6.07, 6.45) is 1.07. The van der Waals surface area contributed by atoms with Gasteiger partial charge in [0.1, 0.15) is 12.4 Å². The van der Waals surface area contributed by atoms with E-state index < -0.39 is 6.10 Å². The molecule has 0 aliphatic heterocycles. The monoisotopic (exact) mass is 289 g/mol. The molecule has 0 bridgehead atoms. The zero-order valence-electron chi connectivity index (χ0n) is 8.99. The zero-order valence-corrected chi connectivity index (χ0v) is 10.6. The van der Waals surface area contributed by atoms with E-state index in [9.17, 15) is 5.11 Å². The molecule has 0 aliphatic rings. The third-order valence-corrected chi connectivity index (χ3v) is 2.11. The summed E-state index contributed by atoms with van der Waals surface area (Å²) in [5.74, 6) is 0.758. The van der Waals surface area contributed by atoms with E-state index in [-0.39, 0.29) is 6.61 Å². The lowest BCUT2D eigenvalue weighted by atomic mass is 10.3. The van der Waals surface area contributed by atoms with E-state index in [1.807, 2.05) is 6.07 Å². The van der Waals surface area contributed by atoms with Gasteiger partial charge in [0, 0.05) is 17.6 Å². The van der Waals surface area contributed by atoms with Crippen LogP contribution in [0.5, 0.6) is 0 Å². The van der Waals surface area contributed by atoms with Gasteiger partial charge in [0.15, 0.2) is 0 Å². The standard InChI is InChI=1S/C11H16BrNO3/c1-9(12)5-13-6-10(14)7-15-8-11-3-2-4-16-11/h2-4,10,13-14H,1,5-8H2. The molecule has 5 heteroatoms. The number of ether oxygens (including phenoxy) is 1. The first-order valence-electron chi connectivity index (χ1n) is 5.00. The average Bonchev–Trinajstić information content (AvgIpc) is 2.70. The van der Waals surface area contributed by atoms with Crippen molar-refractivity contribution < 1.29 is 14.3 Å². The van der Waals surface area contributed by atoms with Crippen molar-refractivity contribution in [1.82, 2.24) is 5.32 Å². The van der Waals surface area contributed by atoms with Crippen molar-refractivity contribution in [3.05, 3.63) is 35.2 Å². The summed E-state index contributed by atoms with van der Waals surface area (Å²) in [7, 11) is 0. The van der Waals surface area contributed by atoms with Crippen LogP contribution in [0.1, 0.15) is 5.76 Å². The van der Waals surface area contributed by atoms with Crippen LogP contribution in [0, 0.1) is 0 Å². The Labute approximate surface area is 103 Å². The molecule has 1 aromatic heterocycles. The molecular weight excluding hydrogens is 274 g/mol. The van der Waals surface area contributed by atoms with Crippen molar-refractivity contribution in [1.29, 1.82) is 0 Å². The number of furan rings is 1. The minimum atomic E-state index is -0.526. The minimum Gasteiger partial charge on any atom is -0.467 e. The Morgan fingerprint density at radius 2 is 2.50 bits per heavy atom. The topological polar surface area (TPSA) is 54.6 Å². The molecule has 90 valence electrons. The van der Waals surface area contributed by atoms with E-state index in [1.54, 1.807) is 12.3 Å². The molecule has 2 N–H and O–H groups in total. The molecule has 0 amide bonds. The lowest BCUT2D eigenvalue weighted by Gasteiger charge is -2.11. The van der Waals surface area contributed by atoms with Crippen LogP contribution in [0.4, 0.5) is 0 Å². The third kappa shape index (κ3) is 6.07. The summed E-state index contributed by atoms with van der Waals surface area (Å²) in [6.45, 7) is 5.45. The fraction of sp³-hybridized carbons (Fsp3) is 0.455. The van der Waals surface area contributed by atoms with E-state index in [4.69, 9.17) is 9.15 Å². The highest BCUT2D eigenvalue weighted by Gasteiger charge is 2.04. The molecule has 1 rings (SSSR count). The molecule has 0 fully saturated rings. The summed E-state index contributed by atoms with van der Waals surface area (Å²) in [6, 6.07) is 3.64. The lowest BCUT2D eigenvalue weighted by Crippen LogP contribution is -2.30. The first-order chi connectivity index (χ1) is 7.68. The predicted molar refractivity (Wildman–Crippen MR) is 65.3 cm³/mol. The van der Waals surface area contributed by atoms with E-state index in [1.165, 1.54) is 0 Å². The number of rotatable bonds is 8. The molecule has 16 heavy (non-hydrogen) atoms. The molecule has 0 radical (unpaired) electrons. The summed E-state index contributed by atoms with van der Waals surface area (Å²) < 4.78 is 11.2. The van der Waals surface area contributed by atoms with Crippen molar-refractivity contribution in [2.75, 3.05) is 19.7 Å². The molecule has 4 nitrogen and oxygen atoms in total. The zero-order chi connectivity index (χ0) is 11.8. The number of hydrogen-bond acceptors (Lipinski definition) is 4. The van der Waals surface area contributed by atoms with Gasteiger partial charge in [0.2, 0.25) is 0 Å². The maximum atomic E-state index is 9.53. The highest BCUT2D eigenvalue weighted by Crippen LogP contribution is 2.02. The van der Waals surface area contributed by atoms with E-state index in [0.29, 0.717) is 19.7 Å². The van der Waals surface area contributed by atoms with E-state index >= 15 is 0 Å². The number of halogens is 1. The van der Waals surface area contributed by atoms with Crippen molar-refractivity contribution in [3.63, 3.8) is 0 Å². The van der Waals surface area contributed by atoms with Crippen molar-refractivity contribution >= 4 is 15.9 Å². The first kappa shape index (κ1) is 13.4. The highest BCUT2D eigenvalue weighted by molar-refractivity contribution is 9.11.